The molecule has 4 atom stereocenters. The minimum absolute atomic E-state index is 0.185. The van der Waals surface area contributed by atoms with Gasteiger partial charge in [0.1, 0.15) is 17.5 Å². The summed E-state index contributed by atoms with van der Waals surface area (Å²) >= 11 is 0. The molecule has 8 nitrogen and oxygen atoms in total. The maximum absolute atomic E-state index is 15.7. The van der Waals surface area contributed by atoms with Crippen molar-refractivity contribution in [3.63, 3.8) is 0 Å². The van der Waals surface area contributed by atoms with Crippen LogP contribution in [-0.2, 0) is 9.63 Å². The van der Waals surface area contributed by atoms with Crippen molar-refractivity contribution in [3.05, 3.63) is 101 Å². The number of aliphatic hydroxyl groups is 1. The Morgan fingerprint density at radius 3 is 2.35 bits per heavy atom. The number of benzene rings is 3. The van der Waals surface area contributed by atoms with E-state index in [-0.39, 0.29) is 30.9 Å². The van der Waals surface area contributed by atoms with Crippen LogP contribution in [0.3, 0.4) is 0 Å². The van der Waals surface area contributed by atoms with Gasteiger partial charge in [0, 0.05) is 30.9 Å². The molecule has 2 fully saturated rings. The van der Waals surface area contributed by atoms with Crippen LogP contribution in [0.15, 0.2) is 66.7 Å². The van der Waals surface area contributed by atoms with E-state index in [0.29, 0.717) is 29.9 Å². The summed E-state index contributed by atoms with van der Waals surface area (Å²) in [6, 6.07) is 14.0. The highest BCUT2D eigenvalue weighted by Crippen LogP contribution is 2.47. The molecule has 1 amide bonds. The zero-order valence-corrected chi connectivity index (χ0v) is 21.3. The maximum Gasteiger partial charge on any atom is 0.525 e. The van der Waals surface area contributed by atoms with Crippen LogP contribution in [0.2, 0.25) is 0 Å². The molecule has 2 aliphatic heterocycles. The highest BCUT2D eigenvalue weighted by atomic mass is 19.1. The molecule has 210 valence electrons. The summed E-state index contributed by atoms with van der Waals surface area (Å²) in [5, 5.41) is 24.1. The third kappa shape index (κ3) is 5.67. The lowest BCUT2D eigenvalue weighted by molar-refractivity contribution is -0.157. The Hall–Kier alpha value is -3.93. The number of β-lactam (4-membered cyclic amide) rings is 1. The average Bonchev–Trinajstić information content (AvgIpc) is 2.93. The molecule has 40 heavy (non-hydrogen) atoms. The van der Waals surface area contributed by atoms with Crippen molar-refractivity contribution in [2.45, 2.75) is 31.0 Å². The molecule has 5 rings (SSSR count). The van der Waals surface area contributed by atoms with E-state index < -0.39 is 47.7 Å². The molecule has 0 aromatic heterocycles. The van der Waals surface area contributed by atoms with E-state index in [9.17, 15) is 23.5 Å². The van der Waals surface area contributed by atoms with Gasteiger partial charge in [-0.15, -0.1) is 5.06 Å². The molecule has 0 saturated carbocycles. The molecule has 3 unspecified atom stereocenters. The van der Waals surface area contributed by atoms with Crippen molar-refractivity contribution in [3.8, 4) is 0 Å². The van der Waals surface area contributed by atoms with E-state index >= 15 is 4.39 Å². The zero-order chi connectivity index (χ0) is 28.4. The molecule has 3 N–H and O–H groups in total. The predicted octanol–water partition coefficient (Wildman–Crippen LogP) is 4.88. The van der Waals surface area contributed by atoms with Crippen LogP contribution in [0.4, 0.5) is 23.7 Å². The Morgan fingerprint density at radius 2 is 1.70 bits per heavy atom. The highest BCUT2D eigenvalue weighted by molar-refractivity contribution is 6.03. The number of hydroxylamine groups is 2. The van der Waals surface area contributed by atoms with Gasteiger partial charge in [-0.2, -0.15) is 0 Å². The summed E-state index contributed by atoms with van der Waals surface area (Å²) in [5.41, 5.74) is 1.65. The average molecular weight is 556 g/mol. The number of carbonyl (C=O) groups is 2. The fourth-order valence-electron chi connectivity index (χ4n) is 5.43. The van der Waals surface area contributed by atoms with Gasteiger partial charge in [0.25, 0.3) is 0 Å². The lowest BCUT2D eigenvalue weighted by Crippen LogP contribution is -2.55. The van der Waals surface area contributed by atoms with Crippen molar-refractivity contribution in [1.82, 2.24) is 10.4 Å². The molecule has 3 aromatic rings. The number of piperazine rings is 1. The van der Waals surface area contributed by atoms with Crippen LogP contribution in [0.5, 0.6) is 0 Å². The Kier molecular flexibility index (Phi) is 8.06. The smallest absolute Gasteiger partial charge is 0.448 e. The summed E-state index contributed by atoms with van der Waals surface area (Å²) in [6.45, 7) is 1.14. The summed E-state index contributed by atoms with van der Waals surface area (Å²) < 4.78 is 42.6. The number of hydrogen-bond acceptors (Lipinski definition) is 6. The first-order chi connectivity index (χ1) is 19.2. The number of halogens is 3. The van der Waals surface area contributed by atoms with Crippen molar-refractivity contribution in [2.24, 2.45) is 5.92 Å². The van der Waals surface area contributed by atoms with Gasteiger partial charge in [-0.05, 0) is 66.4 Å². The first-order valence-corrected chi connectivity index (χ1v) is 12.9. The van der Waals surface area contributed by atoms with Crippen LogP contribution in [0, 0.1) is 23.4 Å². The van der Waals surface area contributed by atoms with Crippen molar-refractivity contribution >= 4 is 17.7 Å². The third-order valence-electron chi connectivity index (χ3n) is 7.44. The summed E-state index contributed by atoms with van der Waals surface area (Å²) in [5.74, 6) is -2.45. The molecule has 0 radical (unpaired) electrons. The van der Waals surface area contributed by atoms with Crippen LogP contribution >= 0.6 is 0 Å². The fraction of sp³-hybridized carbons (Fsp3) is 0.310. The maximum atomic E-state index is 15.7. The molecule has 2 heterocycles. The molecule has 3 aromatic carbocycles. The van der Waals surface area contributed by atoms with E-state index in [0.717, 1.165) is 0 Å². The standard InChI is InChI=1S/C29H28F3N3O5/c30-19-4-1-17(2-5-19)26(36)12-11-23-27(35(28(23)37)21-8-6-20(31)7-9-21)22-10-3-18(15-24(22)32)25-16-33-13-14-34(25)40-29(38)39/h1-10,15,23,25-27,33,36H,11-14,16H2,(H,38,39)/t23?,25?,26-,27?/m0/s1. The fourth-order valence-corrected chi connectivity index (χ4v) is 5.43. The quantitative estimate of drug-likeness (QED) is 0.341. The van der Waals surface area contributed by atoms with Crippen LogP contribution in [0.1, 0.15) is 47.7 Å². The number of aliphatic hydroxyl groups excluding tert-OH is 1. The second-order valence-electron chi connectivity index (χ2n) is 9.88. The third-order valence-corrected chi connectivity index (χ3v) is 7.44. The van der Waals surface area contributed by atoms with E-state index in [2.05, 4.69) is 5.32 Å². The minimum atomic E-state index is -1.46. The Labute approximate surface area is 228 Å². The Bertz CT molecular complexity index is 1370. The number of carbonyl (C=O) groups excluding carboxylic acids is 1. The van der Waals surface area contributed by atoms with Gasteiger partial charge in [-0.25, -0.2) is 18.0 Å². The van der Waals surface area contributed by atoms with Crippen molar-refractivity contribution < 1.29 is 37.8 Å². The number of hydrogen-bond donors (Lipinski definition) is 3. The first-order valence-electron chi connectivity index (χ1n) is 12.9. The molecule has 2 aliphatic rings. The lowest BCUT2D eigenvalue weighted by Gasteiger charge is -2.48. The van der Waals surface area contributed by atoms with Gasteiger partial charge in [0.05, 0.1) is 24.1 Å². The van der Waals surface area contributed by atoms with E-state index in [1.165, 1.54) is 64.6 Å². The number of anilines is 1. The van der Waals surface area contributed by atoms with E-state index in [4.69, 9.17) is 9.94 Å². The monoisotopic (exact) mass is 555 g/mol. The minimum Gasteiger partial charge on any atom is -0.448 e. The molecular formula is C29H28F3N3O5. The number of rotatable bonds is 8. The second-order valence-corrected chi connectivity index (χ2v) is 9.88. The number of amides is 1. The van der Waals surface area contributed by atoms with Gasteiger partial charge >= 0.3 is 6.16 Å². The van der Waals surface area contributed by atoms with Gasteiger partial charge in [0.2, 0.25) is 5.91 Å². The molecule has 0 aliphatic carbocycles. The zero-order valence-electron chi connectivity index (χ0n) is 21.3. The largest absolute Gasteiger partial charge is 0.525 e. The normalized spacial score (nSPS) is 22.1. The lowest BCUT2D eigenvalue weighted by atomic mass is 9.77. The Balaban J connectivity index is 1.41. The van der Waals surface area contributed by atoms with Gasteiger partial charge in [0.15, 0.2) is 0 Å². The molecule has 2 saturated heterocycles. The number of nitrogens with zero attached hydrogens (tertiary/aromatic N) is 2. The summed E-state index contributed by atoms with van der Waals surface area (Å²) in [4.78, 5) is 30.7. The topological polar surface area (TPSA) is 102 Å². The first kappa shape index (κ1) is 27.6. The van der Waals surface area contributed by atoms with E-state index in [1.54, 1.807) is 12.1 Å². The predicted molar refractivity (Wildman–Crippen MR) is 139 cm³/mol. The molecular weight excluding hydrogens is 527 g/mol. The molecule has 0 spiro atoms. The summed E-state index contributed by atoms with van der Waals surface area (Å²) in [7, 11) is 0. The van der Waals surface area contributed by atoms with Gasteiger partial charge in [-0.3, -0.25) is 4.79 Å². The van der Waals surface area contributed by atoms with Gasteiger partial charge < -0.3 is 25.3 Å². The number of carboxylic acid groups (broad SMARTS) is 1. The summed E-state index contributed by atoms with van der Waals surface area (Å²) in [6.07, 6.45) is -1.99. The van der Waals surface area contributed by atoms with E-state index in [1.807, 2.05) is 0 Å². The Morgan fingerprint density at radius 1 is 1.02 bits per heavy atom. The molecule has 0 bridgehead atoms. The number of nitrogens with one attached hydrogen (secondary N) is 1. The second kappa shape index (κ2) is 11.7. The molecule has 11 heteroatoms. The van der Waals surface area contributed by atoms with Crippen molar-refractivity contribution in [2.75, 3.05) is 24.5 Å². The van der Waals surface area contributed by atoms with Crippen LogP contribution in [-0.4, -0.2) is 47.0 Å². The van der Waals surface area contributed by atoms with Gasteiger partial charge in [-0.1, -0.05) is 24.3 Å². The SMILES string of the molecule is O=C(O)ON1CCNCC1c1ccc(C2C(CC[C@H](O)c3ccc(F)cc3)C(=O)N2c2ccc(F)cc2)c(F)c1. The highest BCUT2D eigenvalue weighted by Gasteiger charge is 2.49. The van der Waals surface area contributed by atoms with Crippen LogP contribution < -0.4 is 10.2 Å². The van der Waals surface area contributed by atoms with Crippen LogP contribution in [0.25, 0.3) is 0 Å². The van der Waals surface area contributed by atoms with Crippen molar-refractivity contribution in [1.29, 1.82) is 0 Å².